The van der Waals surface area contributed by atoms with E-state index in [0.717, 1.165) is 18.5 Å². The van der Waals surface area contributed by atoms with Crippen LogP contribution in [0.15, 0.2) is 24.3 Å². The monoisotopic (exact) mass is 311 g/mol. The zero-order valence-electron chi connectivity index (χ0n) is 12.2. The molecule has 1 fully saturated rings. The molecular weight excluding hydrogens is 290 g/mol. The summed E-state index contributed by atoms with van der Waals surface area (Å²) in [4.78, 5) is 11.2. The van der Waals surface area contributed by atoms with Crippen molar-refractivity contribution in [1.82, 2.24) is 5.32 Å². The van der Waals surface area contributed by atoms with Gasteiger partial charge in [-0.15, -0.1) is 0 Å². The van der Waals surface area contributed by atoms with E-state index in [1.807, 2.05) is 12.1 Å². The van der Waals surface area contributed by atoms with Gasteiger partial charge in [0.05, 0.1) is 5.25 Å². The molecule has 2 amide bonds. The molecule has 1 aromatic rings. The highest BCUT2D eigenvalue weighted by Gasteiger charge is 2.34. The summed E-state index contributed by atoms with van der Waals surface area (Å²) in [7, 11) is -1.47. The van der Waals surface area contributed by atoms with Crippen LogP contribution < -0.4 is 16.0 Å². The summed E-state index contributed by atoms with van der Waals surface area (Å²) < 4.78 is 23.5. The second-order valence-electron chi connectivity index (χ2n) is 5.33. The Hall–Kier alpha value is -1.76. The summed E-state index contributed by atoms with van der Waals surface area (Å²) in [6, 6.07) is 6.91. The van der Waals surface area contributed by atoms with Gasteiger partial charge < -0.3 is 16.0 Å². The highest BCUT2D eigenvalue weighted by molar-refractivity contribution is 7.91. The fourth-order valence-electron chi connectivity index (χ4n) is 2.66. The molecule has 0 saturated heterocycles. The standard InChI is InChI=1S/C14H21N3O3S/c1-15-14(18)17-11-8-6-10(7-9-11)16-12-4-3-5-13(12)21(2,19)20/h6-9,12-13,16H,3-5H2,1-2H3,(H2,15,17,18). The predicted molar refractivity (Wildman–Crippen MR) is 84.4 cm³/mol. The first kappa shape index (κ1) is 15.6. The molecule has 1 aliphatic rings. The molecule has 116 valence electrons. The number of hydrogen-bond acceptors (Lipinski definition) is 4. The molecule has 21 heavy (non-hydrogen) atoms. The summed E-state index contributed by atoms with van der Waals surface area (Å²) in [5.74, 6) is 0. The molecule has 2 atom stereocenters. The summed E-state index contributed by atoms with van der Waals surface area (Å²) in [6.45, 7) is 0. The lowest BCUT2D eigenvalue weighted by Gasteiger charge is -2.20. The average molecular weight is 311 g/mol. The first-order valence-electron chi connectivity index (χ1n) is 6.94. The van der Waals surface area contributed by atoms with Crippen LogP contribution in [0.2, 0.25) is 0 Å². The van der Waals surface area contributed by atoms with Gasteiger partial charge in [0.2, 0.25) is 0 Å². The molecule has 0 aromatic heterocycles. The van der Waals surface area contributed by atoms with E-state index in [-0.39, 0.29) is 17.3 Å². The number of amides is 2. The van der Waals surface area contributed by atoms with Gasteiger partial charge in [0, 0.05) is 30.7 Å². The third kappa shape index (κ3) is 4.10. The normalized spacial score (nSPS) is 21.8. The van der Waals surface area contributed by atoms with E-state index in [9.17, 15) is 13.2 Å². The van der Waals surface area contributed by atoms with Gasteiger partial charge in [-0.3, -0.25) is 0 Å². The maximum absolute atomic E-state index is 11.7. The second kappa shape index (κ2) is 6.34. The highest BCUT2D eigenvalue weighted by atomic mass is 32.2. The Balaban J connectivity index is 2.02. The molecule has 2 unspecified atom stereocenters. The Morgan fingerprint density at radius 3 is 2.33 bits per heavy atom. The minimum atomic E-state index is -3.03. The Labute approximate surface area is 125 Å². The third-order valence-corrected chi connectivity index (χ3v) is 5.39. The fraction of sp³-hybridized carbons (Fsp3) is 0.500. The number of anilines is 2. The number of carbonyl (C=O) groups excluding carboxylic acids is 1. The van der Waals surface area contributed by atoms with Crippen LogP contribution in [0.1, 0.15) is 19.3 Å². The Kier molecular flexibility index (Phi) is 4.72. The molecule has 0 heterocycles. The quantitative estimate of drug-likeness (QED) is 0.791. The van der Waals surface area contributed by atoms with Gasteiger partial charge in [-0.1, -0.05) is 0 Å². The first-order valence-corrected chi connectivity index (χ1v) is 8.90. The maximum Gasteiger partial charge on any atom is 0.318 e. The van der Waals surface area contributed by atoms with E-state index in [0.29, 0.717) is 12.1 Å². The molecule has 0 spiro atoms. The van der Waals surface area contributed by atoms with Gasteiger partial charge in [0.25, 0.3) is 0 Å². The summed E-state index contributed by atoms with van der Waals surface area (Å²) >= 11 is 0. The number of sulfone groups is 1. The van der Waals surface area contributed by atoms with E-state index in [4.69, 9.17) is 0 Å². The van der Waals surface area contributed by atoms with E-state index in [1.165, 1.54) is 6.26 Å². The van der Waals surface area contributed by atoms with Gasteiger partial charge in [0.1, 0.15) is 0 Å². The zero-order chi connectivity index (χ0) is 15.5. The molecule has 0 aliphatic heterocycles. The van der Waals surface area contributed by atoms with Crippen LogP contribution in [-0.2, 0) is 9.84 Å². The minimum Gasteiger partial charge on any atom is -0.381 e. The van der Waals surface area contributed by atoms with E-state index < -0.39 is 9.84 Å². The van der Waals surface area contributed by atoms with E-state index >= 15 is 0 Å². The van der Waals surface area contributed by atoms with Crippen LogP contribution in [0.25, 0.3) is 0 Å². The maximum atomic E-state index is 11.7. The molecule has 0 radical (unpaired) electrons. The van der Waals surface area contributed by atoms with Crippen molar-refractivity contribution in [1.29, 1.82) is 0 Å². The minimum absolute atomic E-state index is 0.0438. The van der Waals surface area contributed by atoms with Crippen LogP contribution >= 0.6 is 0 Å². The molecule has 7 heteroatoms. The fourth-order valence-corrected chi connectivity index (χ4v) is 4.06. The molecule has 6 nitrogen and oxygen atoms in total. The molecule has 1 aromatic carbocycles. The molecule has 1 aliphatic carbocycles. The molecule has 1 saturated carbocycles. The van der Waals surface area contributed by atoms with E-state index in [2.05, 4.69) is 16.0 Å². The Bertz CT molecular complexity index is 598. The van der Waals surface area contributed by atoms with Gasteiger partial charge in [0.15, 0.2) is 9.84 Å². The zero-order valence-corrected chi connectivity index (χ0v) is 13.0. The predicted octanol–water partition coefficient (Wildman–Crippen LogP) is 1.82. The Morgan fingerprint density at radius 2 is 1.76 bits per heavy atom. The van der Waals surface area contributed by atoms with Crippen molar-refractivity contribution in [2.75, 3.05) is 23.9 Å². The summed E-state index contributed by atoms with van der Waals surface area (Å²) in [5.41, 5.74) is 1.55. The van der Waals surface area contributed by atoms with Gasteiger partial charge in [-0.05, 0) is 43.5 Å². The smallest absolute Gasteiger partial charge is 0.318 e. The lowest BCUT2D eigenvalue weighted by Crippen LogP contribution is -2.34. The third-order valence-electron chi connectivity index (χ3n) is 3.72. The molecular formula is C14H21N3O3S. The number of benzene rings is 1. The number of carbonyl (C=O) groups is 1. The van der Waals surface area contributed by atoms with Crippen molar-refractivity contribution in [3.63, 3.8) is 0 Å². The van der Waals surface area contributed by atoms with E-state index in [1.54, 1.807) is 19.2 Å². The summed E-state index contributed by atoms with van der Waals surface area (Å²) in [5, 5.41) is 8.11. The van der Waals surface area contributed by atoms with Crippen LogP contribution in [0, 0.1) is 0 Å². The average Bonchev–Trinajstić information content (AvgIpc) is 2.89. The molecule has 2 rings (SSSR count). The summed E-state index contributed by atoms with van der Waals surface area (Å²) in [6.07, 6.45) is 3.79. The van der Waals surface area contributed by atoms with Gasteiger partial charge >= 0.3 is 6.03 Å². The first-order chi connectivity index (χ1) is 9.90. The van der Waals surface area contributed by atoms with Gasteiger partial charge in [-0.25, -0.2) is 13.2 Å². The van der Waals surface area contributed by atoms with Crippen molar-refractivity contribution >= 4 is 27.2 Å². The number of nitrogens with one attached hydrogen (secondary N) is 3. The highest BCUT2D eigenvalue weighted by Crippen LogP contribution is 2.28. The Morgan fingerprint density at radius 1 is 1.14 bits per heavy atom. The molecule has 0 bridgehead atoms. The van der Waals surface area contributed by atoms with Crippen molar-refractivity contribution < 1.29 is 13.2 Å². The van der Waals surface area contributed by atoms with Gasteiger partial charge in [-0.2, -0.15) is 0 Å². The van der Waals surface area contributed by atoms with Crippen molar-refractivity contribution in [2.45, 2.75) is 30.6 Å². The second-order valence-corrected chi connectivity index (χ2v) is 7.60. The topological polar surface area (TPSA) is 87.3 Å². The number of hydrogen-bond donors (Lipinski definition) is 3. The number of rotatable bonds is 4. The lowest BCUT2D eigenvalue weighted by molar-refractivity contribution is 0.254. The van der Waals surface area contributed by atoms with Crippen molar-refractivity contribution in [3.8, 4) is 0 Å². The largest absolute Gasteiger partial charge is 0.381 e. The lowest BCUT2D eigenvalue weighted by atomic mass is 10.2. The number of urea groups is 1. The van der Waals surface area contributed by atoms with Crippen LogP contribution in [0.4, 0.5) is 16.2 Å². The van der Waals surface area contributed by atoms with Crippen LogP contribution in [0.3, 0.4) is 0 Å². The SMILES string of the molecule is CNC(=O)Nc1ccc(NC2CCCC2S(C)(=O)=O)cc1. The van der Waals surface area contributed by atoms with Crippen molar-refractivity contribution in [3.05, 3.63) is 24.3 Å². The van der Waals surface area contributed by atoms with Crippen LogP contribution in [-0.4, -0.2) is 39.0 Å². The van der Waals surface area contributed by atoms with Crippen LogP contribution in [0.5, 0.6) is 0 Å². The van der Waals surface area contributed by atoms with Crippen molar-refractivity contribution in [2.24, 2.45) is 0 Å². The molecule has 3 N–H and O–H groups in total.